The molecule has 0 saturated heterocycles. The van der Waals surface area contributed by atoms with Gasteiger partial charge in [-0.05, 0) is 0 Å². The lowest BCUT2D eigenvalue weighted by molar-refractivity contribution is 0.315. The van der Waals surface area contributed by atoms with Crippen molar-refractivity contribution in [2.24, 2.45) is 0 Å². The highest BCUT2D eigenvalue weighted by Gasteiger charge is 1.99. The van der Waals surface area contributed by atoms with Crippen molar-refractivity contribution in [3.8, 4) is 0 Å². The Morgan fingerprint density at radius 3 is 1.75 bits per heavy atom. The van der Waals surface area contributed by atoms with Gasteiger partial charge in [-0.2, -0.15) is 8.42 Å². The van der Waals surface area contributed by atoms with Gasteiger partial charge in [-0.25, -0.2) is 0 Å². The SMILES string of the molecule is O=S(=O)(O)CCO.[Mg]. The number of hydrogen-bond donors (Lipinski definition) is 2. The van der Waals surface area contributed by atoms with Crippen molar-refractivity contribution in [2.45, 2.75) is 0 Å². The molecule has 46 valence electrons. The summed E-state index contributed by atoms with van der Waals surface area (Å²) in [6.07, 6.45) is 0. The Bertz CT molecular complexity index is 127. The standard InChI is InChI=1S/C2H6O4S.Mg/c3-1-2-7(4,5)6;/h3H,1-2H2,(H,4,5,6);. The maximum atomic E-state index is 9.63. The fraction of sp³-hybridized carbons (Fsp3) is 1.00. The van der Waals surface area contributed by atoms with E-state index in [1.54, 1.807) is 0 Å². The zero-order valence-corrected chi connectivity index (χ0v) is 6.47. The summed E-state index contributed by atoms with van der Waals surface area (Å²) in [5, 5.41) is 7.86. The van der Waals surface area contributed by atoms with Crippen molar-refractivity contribution < 1.29 is 18.1 Å². The molecule has 2 radical (unpaired) electrons. The van der Waals surface area contributed by atoms with Crippen molar-refractivity contribution in [1.82, 2.24) is 0 Å². The Kier molecular flexibility index (Phi) is 6.45. The summed E-state index contributed by atoms with van der Waals surface area (Å²) in [6, 6.07) is 0. The Balaban J connectivity index is 0. The Morgan fingerprint density at radius 1 is 1.38 bits per heavy atom. The first-order chi connectivity index (χ1) is 3.06. The van der Waals surface area contributed by atoms with Gasteiger partial charge in [0.05, 0.1) is 12.4 Å². The second-order valence-electron chi connectivity index (χ2n) is 1.01. The van der Waals surface area contributed by atoms with Crippen LogP contribution >= 0.6 is 0 Å². The van der Waals surface area contributed by atoms with Gasteiger partial charge in [-0.1, -0.05) is 0 Å². The Hall–Kier alpha value is 0.636. The lowest BCUT2D eigenvalue weighted by atomic mass is 10.9. The molecule has 0 aliphatic carbocycles. The number of rotatable bonds is 2. The fourth-order valence-electron chi connectivity index (χ4n) is 0.115. The molecular weight excluding hydrogens is 144 g/mol. The van der Waals surface area contributed by atoms with Crippen LogP contribution in [0, 0.1) is 0 Å². The van der Waals surface area contributed by atoms with Crippen LogP contribution in [0.3, 0.4) is 0 Å². The molecule has 6 heteroatoms. The van der Waals surface area contributed by atoms with E-state index in [1.165, 1.54) is 0 Å². The second kappa shape index (κ2) is 4.51. The van der Waals surface area contributed by atoms with Crippen LogP contribution in [-0.2, 0) is 10.1 Å². The van der Waals surface area contributed by atoms with Crippen LogP contribution < -0.4 is 0 Å². The molecule has 0 aromatic heterocycles. The Morgan fingerprint density at radius 2 is 1.75 bits per heavy atom. The molecule has 0 amide bonds. The van der Waals surface area contributed by atoms with Crippen LogP contribution in [0.4, 0.5) is 0 Å². The van der Waals surface area contributed by atoms with Crippen LogP contribution in [0.1, 0.15) is 0 Å². The van der Waals surface area contributed by atoms with Gasteiger partial charge in [0, 0.05) is 23.1 Å². The van der Waals surface area contributed by atoms with E-state index in [0.29, 0.717) is 0 Å². The first-order valence-corrected chi connectivity index (χ1v) is 3.23. The molecule has 4 nitrogen and oxygen atoms in total. The summed E-state index contributed by atoms with van der Waals surface area (Å²) in [4.78, 5) is 0. The average Bonchev–Trinajstić information content (AvgIpc) is 1.30. The van der Waals surface area contributed by atoms with E-state index in [4.69, 9.17) is 9.66 Å². The van der Waals surface area contributed by atoms with Gasteiger partial charge < -0.3 is 5.11 Å². The van der Waals surface area contributed by atoms with Crippen molar-refractivity contribution in [3.05, 3.63) is 0 Å². The van der Waals surface area contributed by atoms with Crippen LogP contribution in [-0.4, -0.2) is 53.5 Å². The third-order valence-electron chi connectivity index (χ3n) is 0.349. The lowest BCUT2D eigenvalue weighted by Crippen LogP contribution is -2.06. The van der Waals surface area contributed by atoms with E-state index in [-0.39, 0.29) is 23.1 Å². The number of hydrogen-bond acceptors (Lipinski definition) is 3. The molecule has 0 aromatic carbocycles. The summed E-state index contributed by atoms with van der Waals surface area (Å²) < 4.78 is 27.1. The van der Waals surface area contributed by atoms with E-state index in [2.05, 4.69) is 0 Å². The van der Waals surface area contributed by atoms with Crippen molar-refractivity contribution in [3.63, 3.8) is 0 Å². The van der Waals surface area contributed by atoms with Gasteiger partial charge in [0.25, 0.3) is 10.1 Å². The highest BCUT2D eigenvalue weighted by Crippen LogP contribution is 1.75. The summed E-state index contributed by atoms with van der Waals surface area (Å²) in [5.74, 6) is -0.576. The highest BCUT2D eigenvalue weighted by atomic mass is 32.2. The predicted octanol–water partition coefficient (Wildman–Crippen LogP) is -1.51. The third kappa shape index (κ3) is 9.81. The predicted molar refractivity (Wildman–Crippen MR) is 29.3 cm³/mol. The van der Waals surface area contributed by atoms with Gasteiger partial charge in [0.15, 0.2) is 0 Å². The molecular formula is C2H6MgO4S. The monoisotopic (exact) mass is 150 g/mol. The molecule has 0 aliphatic heterocycles. The zero-order chi connectivity index (χ0) is 5.91. The Labute approximate surface area is 63.8 Å². The third-order valence-corrected chi connectivity index (χ3v) is 1.05. The van der Waals surface area contributed by atoms with Crippen molar-refractivity contribution in [2.75, 3.05) is 12.4 Å². The van der Waals surface area contributed by atoms with Crippen LogP contribution in [0.5, 0.6) is 0 Å². The minimum absolute atomic E-state index is 0. The molecule has 8 heavy (non-hydrogen) atoms. The van der Waals surface area contributed by atoms with E-state index in [1.807, 2.05) is 0 Å². The average molecular weight is 150 g/mol. The van der Waals surface area contributed by atoms with Gasteiger partial charge in [-0.15, -0.1) is 0 Å². The molecule has 0 unspecified atom stereocenters. The number of aliphatic hydroxyl groups is 1. The first kappa shape index (κ1) is 11.4. The number of aliphatic hydroxyl groups excluding tert-OH is 1. The summed E-state index contributed by atoms with van der Waals surface area (Å²) in [6.45, 7) is -0.529. The van der Waals surface area contributed by atoms with Gasteiger partial charge in [0.2, 0.25) is 0 Å². The summed E-state index contributed by atoms with van der Waals surface area (Å²) >= 11 is 0. The molecule has 0 aromatic rings. The molecule has 0 saturated carbocycles. The zero-order valence-electron chi connectivity index (χ0n) is 4.24. The molecule has 0 fully saturated rings. The van der Waals surface area contributed by atoms with Crippen LogP contribution in [0.25, 0.3) is 0 Å². The largest absolute Gasteiger partial charge is 0.395 e. The molecule has 0 spiro atoms. The minimum atomic E-state index is -3.92. The van der Waals surface area contributed by atoms with E-state index in [9.17, 15) is 8.42 Å². The van der Waals surface area contributed by atoms with Gasteiger partial charge in [-0.3, -0.25) is 4.55 Å². The highest BCUT2D eigenvalue weighted by molar-refractivity contribution is 7.85. The molecule has 0 atom stereocenters. The van der Waals surface area contributed by atoms with Crippen molar-refractivity contribution >= 4 is 33.2 Å². The molecule has 0 bridgehead atoms. The maximum Gasteiger partial charge on any atom is 0.267 e. The maximum absolute atomic E-state index is 9.63. The molecule has 2 N–H and O–H groups in total. The normalized spacial score (nSPS) is 10.2. The van der Waals surface area contributed by atoms with Crippen molar-refractivity contribution in [1.29, 1.82) is 0 Å². The molecule has 0 aliphatic rings. The second-order valence-corrected chi connectivity index (χ2v) is 2.58. The van der Waals surface area contributed by atoms with Crippen LogP contribution in [0.2, 0.25) is 0 Å². The quantitative estimate of drug-likeness (QED) is 0.371. The fourth-order valence-corrected chi connectivity index (χ4v) is 0.346. The van der Waals surface area contributed by atoms with E-state index >= 15 is 0 Å². The molecule has 0 rings (SSSR count). The van der Waals surface area contributed by atoms with Crippen LogP contribution in [0.15, 0.2) is 0 Å². The van der Waals surface area contributed by atoms with Gasteiger partial charge >= 0.3 is 0 Å². The van der Waals surface area contributed by atoms with Gasteiger partial charge in [0.1, 0.15) is 0 Å². The summed E-state index contributed by atoms with van der Waals surface area (Å²) in [5.41, 5.74) is 0. The van der Waals surface area contributed by atoms with E-state index in [0.717, 1.165) is 0 Å². The summed E-state index contributed by atoms with van der Waals surface area (Å²) in [7, 11) is -3.92. The molecule has 0 heterocycles. The first-order valence-electron chi connectivity index (χ1n) is 1.62. The minimum Gasteiger partial charge on any atom is -0.395 e. The smallest absolute Gasteiger partial charge is 0.267 e. The van der Waals surface area contributed by atoms with E-state index < -0.39 is 22.5 Å². The topological polar surface area (TPSA) is 74.6 Å². The lowest BCUT2D eigenvalue weighted by Gasteiger charge is -1.85.